The summed E-state index contributed by atoms with van der Waals surface area (Å²) in [4.78, 5) is 23.9. The van der Waals surface area contributed by atoms with Crippen molar-refractivity contribution in [1.82, 2.24) is 0 Å². The Bertz CT molecular complexity index is 549. The van der Waals surface area contributed by atoms with Crippen molar-refractivity contribution in [3.05, 3.63) is 29.8 Å². The number of Topliss-reactive ketones (excluding diaryl/α,β-unsaturated/α-hetero) is 1. The Morgan fingerprint density at radius 2 is 1.91 bits per heavy atom. The predicted octanol–water partition coefficient (Wildman–Crippen LogP) is 3.25. The molecular formula is C18H22O4. The van der Waals surface area contributed by atoms with Crippen molar-refractivity contribution < 1.29 is 19.1 Å². The van der Waals surface area contributed by atoms with Crippen molar-refractivity contribution >= 4 is 11.8 Å². The lowest BCUT2D eigenvalue weighted by Gasteiger charge is -2.20. The number of carbonyl (C=O) groups is 2. The second-order valence-corrected chi connectivity index (χ2v) is 6.45. The molecule has 4 nitrogen and oxygen atoms in total. The topological polar surface area (TPSA) is 52.6 Å². The number of methoxy groups -OCH3 is 1. The van der Waals surface area contributed by atoms with E-state index >= 15 is 0 Å². The van der Waals surface area contributed by atoms with Gasteiger partial charge in [-0.05, 0) is 61.3 Å². The number of esters is 1. The molecule has 2 fully saturated rings. The molecule has 2 bridgehead atoms. The highest BCUT2D eigenvalue weighted by Crippen LogP contribution is 2.49. The highest BCUT2D eigenvalue weighted by molar-refractivity contribution is 5.98. The minimum absolute atomic E-state index is 0.175. The number of hydrogen-bond donors (Lipinski definition) is 0. The lowest BCUT2D eigenvalue weighted by molar-refractivity contribution is -0.144. The summed E-state index contributed by atoms with van der Waals surface area (Å²) in [5.41, 5.74) is 0.536. The van der Waals surface area contributed by atoms with Crippen LogP contribution in [0.3, 0.4) is 0 Å². The smallest absolute Gasteiger partial charge is 0.306 e. The van der Waals surface area contributed by atoms with Gasteiger partial charge in [-0.25, -0.2) is 0 Å². The largest absolute Gasteiger partial charge is 0.497 e. The SMILES string of the molecule is COc1ccc(C(=O)COC(=O)CC2CC3CCC2C3)cc1. The molecule has 3 unspecified atom stereocenters. The van der Waals surface area contributed by atoms with Gasteiger partial charge in [0.1, 0.15) is 5.75 Å². The zero-order valence-electron chi connectivity index (χ0n) is 12.9. The van der Waals surface area contributed by atoms with Crippen LogP contribution in [0.4, 0.5) is 0 Å². The molecule has 0 radical (unpaired) electrons. The quantitative estimate of drug-likeness (QED) is 0.598. The summed E-state index contributed by atoms with van der Waals surface area (Å²) in [5.74, 6) is 2.29. The van der Waals surface area contributed by atoms with Gasteiger partial charge < -0.3 is 9.47 Å². The first-order chi connectivity index (χ1) is 10.7. The number of ketones is 1. The maximum Gasteiger partial charge on any atom is 0.306 e. The third-order valence-electron chi connectivity index (χ3n) is 5.09. The first kappa shape index (κ1) is 15.1. The van der Waals surface area contributed by atoms with Gasteiger partial charge in [0.25, 0.3) is 0 Å². The number of carbonyl (C=O) groups excluding carboxylic acids is 2. The first-order valence-corrected chi connectivity index (χ1v) is 7.98. The fourth-order valence-corrected chi connectivity index (χ4v) is 3.91. The van der Waals surface area contributed by atoms with Gasteiger partial charge in [0.05, 0.1) is 7.11 Å². The van der Waals surface area contributed by atoms with E-state index in [9.17, 15) is 9.59 Å². The van der Waals surface area contributed by atoms with Crippen LogP contribution in [0.1, 0.15) is 42.5 Å². The van der Waals surface area contributed by atoms with Crippen LogP contribution in [0.2, 0.25) is 0 Å². The zero-order valence-corrected chi connectivity index (χ0v) is 12.9. The molecule has 4 heteroatoms. The molecule has 118 valence electrons. The Morgan fingerprint density at radius 1 is 1.14 bits per heavy atom. The summed E-state index contributed by atoms with van der Waals surface area (Å²) >= 11 is 0. The molecule has 3 atom stereocenters. The van der Waals surface area contributed by atoms with E-state index in [1.807, 2.05) is 0 Å². The Hall–Kier alpha value is -1.84. The van der Waals surface area contributed by atoms with E-state index in [4.69, 9.17) is 9.47 Å². The number of benzene rings is 1. The van der Waals surface area contributed by atoms with E-state index in [0.29, 0.717) is 29.6 Å². The maximum absolute atomic E-state index is 12.0. The molecule has 0 heterocycles. The summed E-state index contributed by atoms with van der Waals surface area (Å²) in [6.07, 6.45) is 5.49. The number of rotatable bonds is 6. The Balaban J connectivity index is 1.45. The van der Waals surface area contributed by atoms with Gasteiger partial charge in [0.2, 0.25) is 0 Å². The standard InChI is InChI=1S/C18H22O4/c1-21-16-6-4-13(5-7-16)17(19)11-22-18(20)10-15-9-12-2-3-14(15)8-12/h4-7,12,14-15H,2-3,8-11H2,1H3. The fourth-order valence-electron chi connectivity index (χ4n) is 3.91. The van der Waals surface area contributed by atoms with Crippen LogP contribution in [-0.4, -0.2) is 25.5 Å². The van der Waals surface area contributed by atoms with E-state index in [0.717, 1.165) is 12.3 Å². The van der Waals surface area contributed by atoms with Crippen LogP contribution in [-0.2, 0) is 9.53 Å². The van der Waals surface area contributed by atoms with E-state index in [1.165, 1.54) is 19.3 Å². The molecule has 2 aliphatic rings. The number of ether oxygens (including phenoxy) is 2. The van der Waals surface area contributed by atoms with Crippen LogP contribution < -0.4 is 4.74 Å². The molecule has 2 saturated carbocycles. The van der Waals surface area contributed by atoms with Gasteiger partial charge in [-0.2, -0.15) is 0 Å². The average Bonchev–Trinajstić information content (AvgIpc) is 3.15. The molecule has 1 aromatic carbocycles. The summed E-state index contributed by atoms with van der Waals surface area (Å²) in [5, 5.41) is 0. The maximum atomic E-state index is 12.0. The Labute approximate surface area is 130 Å². The van der Waals surface area contributed by atoms with Gasteiger partial charge in [-0.15, -0.1) is 0 Å². The summed E-state index contributed by atoms with van der Waals surface area (Å²) in [6, 6.07) is 6.82. The van der Waals surface area contributed by atoms with Gasteiger partial charge >= 0.3 is 5.97 Å². The lowest BCUT2D eigenvalue weighted by atomic mass is 9.86. The van der Waals surface area contributed by atoms with Crippen LogP contribution in [0.15, 0.2) is 24.3 Å². The molecule has 0 aliphatic heterocycles. The van der Waals surface area contributed by atoms with E-state index in [1.54, 1.807) is 31.4 Å². The fraction of sp³-hybridized carbons (Fsp3) is 0.556. The third kappa shape index (κ3) is 3.32. The summed E-state index contributed by atoms with van der Waals surface area (Å²) in [7, 11) is 1.58. The predicted molar refractivity (Wildman–Crippen MR) is 81.8 cm³/mol. The molecule has 0 amide bonds. The number of fused-ring (bicyclic) bond motifs is 2. The van der Waals surface area contributed by atoms with Crippen molar-refractivity contribution in [2.45, 2.75) is 32.1 Å². The number of hydrogen-bond acceptors (Lipinski definition) is 4. The van der Waals surface area contributed by atoms with E-state index in [-0.39, 0.29) is 18.4 Å². The highest BCUT2D eigenvalue weighted by Gasteiger charge is 2.40. The van der Waals surface area contributed by atoms with Gasteiger partial charge in [0.15, 0.2) is 12.4 Å². The Kier molecular flexibility index (Phi) is 4.46. The first-order valence-electron chi connectivity index (χ1n) is 7.98. The summed E-state index contributed by atoms with van der Waals surface area (Å²) < 4.78 is 10.2. The van der Waals surface area contributed by atoms with Crippen LogP contribution in [0, 0.1) is 17.8 Å². The highest BCUT2D eigenvalue weighted by atomic mass is 16.5. The zero-order chi connectivity index (χ0) is 15.5. The normalized spacial score (nSPS) is 26.0. The van der Waals surface area contributed by atoms with Crippen molar-refractivity contribution in [3.63, 3.8) is 0 Å². The Morgan fingerprint density at radius 3 is 2.50 bits per heavy atom. The van der Waals surface area contributed by atoms with Crippen LogP contribution in [0.25, 0.3) is 0 Å². The van der Waals surface area contributed by atoms with Gasteiger partial charge in [-0.1, -0.05) is 6.42 Å². The van der Waals surface area contributed by atoms with E-state index in [2.05, 4.69) is 0 Å². The minimum Gasteiger partial charge on any atom is -0.497 e. The third-order valence-corrected chi connectivity index (χ3v) is 5.09. The second-order valence-electron chi connectivity index (χ2n) is 6.45. The summed E-state index contributed by atoms with van der Waals surface area (Å²) in [6.45, 7) is -0.175. The molecule has 1 aromatic rings. The monoisotopic (exact) mass is 302 g/mol. The van der Waals surface area contributed by atoms with Crippen molar-refractivity contribution in [2.75, 3.05) is 13.7 Å². The van der Waals surface area contributed by atoms with E-state index < -0.39 is 0 Å². The van der Waals surface area contributed by atoms with Crippen LogP contribution >= 0.6 is 0 Å². The molecule has 0 saturated heterocycles. The average molecular weight is 302 g/mol. The van der Waals surface area contributed by atoms with Crippen molar-refractivity contribution in [1.29, 1.82) is 0 Å². The van der Waals surface area contributed by atoms with Gasteiger partial charge in [-0.3, -0.25) is 9.59 Å². The van der Waals surface area contributed by atoms with Crippen molar-refractivity contribution in [2.24, 2.45) is 17.8 Å². The van der Waals surface area contributed by atoms with Crippen molar-refractivity contribution in [3.8, 4) is 5.75 Å². The minimum atomic E-state index is -0.237. The molecule has 0 N–H and O–H groups in total. The van der Waals surface area contributed by atoms with Gasteiger partial charge in [0, 0.05) is 12.0 Å². The van der Waals surface area contributed by atoms with Crippen LogP contribution in [0.5, 0.6) is 5.75 Å². The molecule has 0 aromatic heterocycles. The molecular weight excluding hydrogens is 280 g/mol. The molecule has 0 spiro atoms. The molecule has 2 aliphatic carbocycles. The lowest BCUT2D eigenvalue weighted by Crippen LogP contribution is -2.19. The second kappa shape index (κ2) is 6.51. The molecule has 22 heavy (non-hydrogen) atoms. The molecule has 3 rings (SSSR count).